The first-order valence-electron chi connectivity index (χ1n) is 19.5. The molecule has 9 aromatic carbocycles. The molecule has 0 heterocycles. The summed E-state index contributed by atoms with van der Waals surface area (Å²) in [7, 11) is 0. The van der Waals surface area contributed by atoms with Gasteiger partial charge in [0.15, 0.2) is 0 Å². The molecule has 0 N–H and O–H groups in total. The van der Waals surface area contributed by atoms with Gasteiger partial charge in [0.25, 0.3) is 0 Å². The van der Waals surface area contributed by atoms with Crippen molar-refractivity contribution < 1.29 is 0 Å². The topological polar surface area (TPSA) is 3.24 Å². The van der Waals surface area contributed by atoms with E-state index < -0.39 is 0 Å². The summed E-state index contributed by atoms with van der Waals surface area (Å²) in [6.07, 6.45) is 0. The zero-order valence-corrected chi connectivity index (χ0v) is 31.7. The molecule has 2 aliphatic carbocycles. The highest BCUT2D eigenvalue weighted by Gasteiger charge is 2.38. The highest BCUT2D eigenvalue weighted by molar-refractivity contribution is 6.04. The summed E-state index contributed by atoms with van der Waals surface area (Å²) in [4.78, 5) is 2.49. The number of anilines is 3. The van der Waals surface area contributed by atoms with Crippen LogP contribution in [-0.2, 0) is 10.8 Å². The third-order valence-electron chi connectivity index (χ3n) is 12.8. The van der Waals surface area contributed by atoms with Crippen molar-refractivity contribution in [2.75, 3.05) is 4.90 Å². The third kappa shape index (κ3) is 4.66. The molecular formula is C54H41N. The SMILES string of the molecule is CC1(C)c2cc3ccccc3cc2-c2cc3ccc(N(c4ccc5c(c4)C(C)(C)c4ccc6ccccc6c4-5)c4ccccc4-c4ccccc4)cc3cc21. The molecule has 0 amide bonds. The van der Waals surface area contributed by atoms with Crippen LogP contribution in [0.15, 0.2) is 176 Å². The Balaban J connectivity index is 1.12. The number of para-hydroxylation sites is 1. The summed E-state index contributed by atoms with van der Waals surface area (Å²) in [6.45, 7) is 9.55. The Morgan fingerprint density at radius 2 is 0.891 bits per heavy atom. The summed E-state index contributed by atoms with van der Waals surface area (Å²) in [5.41, 5.74) is 16.6. The molecule has 1 nitrogen and oxygen atoms in total. The Morgan fingerprint density at radius 1 is 0.345 bits per heavy atom. The van der Waals surface area contributed by atoms with Gasteiger partial charge in [-0.25, -0.2) is 0 Å². The van der Waals surface area contributed by atoms with E-state index in [0.29, 0.717) is 0 Å². The first-order chi connectivity index (χ1) is 26.8. The maximum absolute atomic E-state index is 2.49. The number of rotatable bonds is 4. The van der Waals surface area contributed by atoms with E-state index in [0.717, 1.165) is 17.1 Å². The van der Waals surface area contributed by atoms with Crippen LogP contribution < -0.4 is 4.90 Å². The summed E-state index contributed by atoms with van der Waals surface area (Å²) in [5, 5.41) is 7.72. The molecule has 0 aromatic heterocycles. The fraction of sp³-hybridized carbons (Fsp3) is 0.111. The van der Waals surface area contributed by atoms with Crippen LogP contribution >= 0.6 is 0 Å². The summed E-state index contributed by atoms with van der Waals surface area (Å²) >= 11 is 0. The number of nitrogens with zero attached hydrogens (tertiary/aromatic N) is 1. The van der Waals surface area contributed by atoms with Gasteiger partial charge in [-0.05, 0) is 137 Å². The number of benzene rings is 9. The van der Waals surface area contributed by atoms with Gasteiger partial charge < -0.3 is 4.90 Å². The summed E-state index contributed by atoms with van der Waals surface area (Å²) < 4.78 is 0. The lowest BCUT2D eigenvalue weighted by molar-refractivity contribution is 0.661. The van der Waals surface area contributed by atoms with Gasteiger partial charge in [0, 0.05) is 27.8 Å². The highest BCUT2D eigenvalue weighted by Crippen LogP contribution is 2.54. The van der Waals surface area contributed by atoms with Crippen molar-refractivity contribution in [3.05, 3.63) is 198 Å². The summed E-state index contributed by atoms with van der Waals surface area (Å²) in [6, 6.07) is 65.8. The van der Waals surface area contributed by atoms with E-state index in [1.807, 2.05) is 0 Å². The molecule has 55 heavy (non-hydrogen) atoms. The number of fused-ring (bicyclic) bond motifs is 10. The monoisotopic (exact) mass is 703 g/mol. The third-order valence-corrected chi connectivity index (χ3v) is 12.8. The van der Waals surface area contributed by atoms with Crippen molar-refractivity contribution in [1.82, 2.24) is 0 Å². The van der Waals surface area contributed by atoms with Gasteiger partial charge in [0.05, 0.1) is 5.69 Å². The molecule has 0 unspecified atom stereocenters. The molecule has 2 aliphatic rings. The predicted octanol–water partition coefficient (Wildman–Crippen LogP) is 14.9. The minimum atomic E-state index is -0.148. The smallest absolute Gasteiger partial charge is 0.0540 e. The fourth-order valence-corrected chi connectivity index (χ4v) is 9.88. The quantitative estimate of drug-likeness (QED) is 0.176. The number of hydrogen-bond donors (Lipinski definition) is 0. The van der Waals surface area contributed by atoms with Gasteiger partial charge in [-0.3, -0.25) is 0 Å². The van der Waals surface area contributed by atoms with Crippen molar-refractivity contribution in [2.45, 2.75) is 38.5 Å². The molecule has 0 atom stereocenters. The maximum Gasteiger partial charge on any atom is 0.0540 e. The Labute approximate surface area is 323 Å². The summed E-state index contributed by atoms with van der Waals surface area (Å²) in [5.74, 6) is 0. The molecule has 0 bridgehead atoms. The van der Waals surface area contributed by atoms with E-state index in [1.165, 1.54) is 88.0 Å². The van der Waals surface area contributed by atoms with Crippen molar-refractivity contribution in [3.63, 3.8) is 0 Å². The lowest BCUT2D eigenvalue weighted by Gasteiger charge is -2.30. The van der Waals surface area contributed by atoms with Crippen molar-refractivity contribution in [3.8, 4) is 33.4 Å². The number of hydrogen-bond acceptors (Lipinski definition) is 1. The van der Waals surface area contributed by atoms with E-state index in [2.05, 4.69) is 209 Å². The molecule has 11 rings (SSSR count). The van der Waals surface area contributed by atoms with Crippen LogP contribution in [0.1, 0.15) is 49.9 Å². The second-order valence-corrected chi connectivity index (χ2v) is 16.6. The van der Waals surface area contributed by atoms with Crippen LogP contribution in [0.2, 0.25) is 0 Å². The van der Waals surface area contributed by atoms with Gasteiger partial charge in [-0.15, -0.1) is 0 Å². The Bertz CT molecular complexity index is 3040. The maximum atomic E-state index is 2.49. The van der Waals surface area contributed by atoms with Gasteiger partial charge in [-0.2, -0.15) is 0 Å². The fourth-order valence-electron chi connectivity index (χ4n) is 9.88. The van der Waals surface area contributed by atoms with Gasteiger partial charge >= 0.3 is 0 Å². The van der Waals surface area contributed by atoms with E-state index in [4.69, 9.17) is 0 Å². The van der Waals surface area contributed by atoms with Crippen LogP contribution in [0, 0.1) is 0 Å². The highest BCUT2D eigenvalue weighted by atomic mass is 15.1. The molecule has 0 saturated heterocycles. The minimum Gasteiger partial charge on any atom is -0.310 e. The van der Waals surface area contributed by atoms with E-state index >= 15 is 0 Å². The van der Waals surface area contributed by atoms with Crippen LogP contribution in [0.25, 0.3) is 65.7 Å². The average Bonchev–Trinajstić information content (AvgIpc) is 3.58. The Morgan fingerprint density at radius 3 is 1.67 bits per heavy atom. The second kappa shape index (κ2) is 11.5. The normalized spacial score (nSPS) is 14.5. The molecule has 0 fully saturated rings. The van der Waals surface area contributed by atoms with Gasteiger partial charge in [0.2, 0.25) is 0 Å². The predicted molar refractivity (Wildman–Crippen MR) is 234 cm³/mol. The molecule has 0 spiro atoms. The first-order valence-corrected chi connectivity index (χ1v) is 19.5. The molecule has 0 saturated carbocycles. The van der Waals surface area contributed by atoms with E-state index in [1.54, 1.807) is 0 Å². The van der Waals surface area contributed by atoms with Crippen molar-refractivity contribution in [2.24, 2.45) is 0 Å². The lowest BCUT2D eigenvalue weighted by atomic mass is 9.81. The molecular weight excluding hydrogens is 663 g/mol. The zero-order chi connectivity index (χ0) is 37.1. The van der Waals surface area contributed by atoms with Crippen molar-refractivity contribution in [1.29, 1.82) is 0 Å². The second-order valence-electron chi connectivity index (χ2n) is 16.6. The van der Waals surface area contributed by atoms with Crippen LogP contribution in [0.3, 0.4) is 0 Å². The van der Waals surface area contributed by atoms with Crippen molar-refractivity contribution >= 4 is 49.4 Å². The molecule has 0 aliphatic heterocycles. The molecule has 262 valence electrons. The van der Waals surface area contributed by atoms with Gasteiger partial charge in [0.1, 0.15) is 0 Å². The Hall–Kier alpha value is -6.44. The van der Waals surface area contributed by atoms with Crippen LogP contribution in [-0.4, -0.2) is 0 Å². The molecule has 9 aromatic rings. The van der Waals surface area contributed by atoms with Gasteiger partial charge in [-0.1, -0.05) is 149 Å². The molecule has 0 radical (unpaired) electrons. The average molecular weight is 704 g/mol. The standard InChI is InChI=1S/C54H41N/c1-53(2)47-27-23-35-16-10-11-20-43(35)52(47)44-26-25-41(33-50(44)53)55(51-21-13-12-19-42(51)34-14-6-5-7-15-34)40-24-22-38-30-46-45-29-36-17-8-9-18-37(36)31-48(45)54(3,4)49(46)32-39(38)28-40/h5-33H,1-4H3. The minimum absolute atomic E-state index is 0.108. The van der Waals surface area contributed by atoms with Crippen LogP contribution in [0.5, 0.6) is 0 Å². The lowest BCUT2D eigenvalue weighted by Crippen LogP contribution is -2.17. The molecule has 1 heteroatoms. The van der Waals surface area contributed by atoms with Crippen LogP contribution in [0.4, 0.5) is 17.1 Å². The van der Waals surface area contributed by atoms with E-state index in [-0.39, 0.29) is 10.8 Å². The Kier molecular flexibility index (Phi) is 6.72. The van der Waals surface area contributed by atoms with E-state index in [9.17, 15) is 0 Å². The largest absolute Gasteiger partial charge is 0.310 e. The zero-order valence-electron chi connectivity index (χ0n) is 31.7. The first kappa shape index (κ1) is 32.0.